The molecular formula is C22H33N2+. The maximum Gasteiger partial charge on any atom is 0.0951 e. The Morgan fingerprint density at radius 1 is 0.875 bits per heavy atom. The summed E-state index contributed by atoms with van der Waals surface area (Å²) in [6.07, 6.45) is 7.86. The zero-order valence-corrected chi connectivity index (χ0v) is 15.4. The molecule has 0 spiro atoms. The van der Waals surface area contributed by atoms with Gasteiger partial charge in [-0.05, 0) is 75.0 Å². The fraction of sp³-hybridized carbons (Fsp3) is 0.727. The molecule has 1 aliphatic heterocycles. The molecule has 4 aliphatic carbocycles. The van der Waals surface area contributed by atoms with Crippen molar-refractivity contribution in [1.29, 1.82) is 0 Å². The molecule has 6 rings (SSSR count). The number of hydrogen-bond donors (Lipinski definition) is 1. The minimum absolute atomic E-state index is 1.01. The first-order valence-electron chi connectivity index (χ1n) is 10.3. The quantitative estimate of drug-likeness (QED) is 0.878. The Balaban J connectivity index is 1.28. The zero-order valence-electron chi connectivity index (χ0n) is 15.4. The normalized spacial score (nSPS) is 38.8. The topological polar surface area (TPSA) is 7.68 Å². The van der Waals surface area contributed by atoms with Crippen LogP contribution in [0.25, 0.3) is 0 Å². The molecule has 4 saturated carbocycles. The van der Waals surface area contributed by atoms with Crippen molar-refractivity contribution in [2.45, 2.75) is 52.0 Å². The molecule has 5 aliphatic rings. The molecule has 1 heterocycles. The van der Waals surface area contributed by atoms with Gasteiger partial charge >= 0.3 is 0 Å². The molecule has 5 fully saturated rings. The van der Waals surface area contributed by atoms with Crippen molar-refractivity contribution in [2.75, 3.05) is 31.1 Å². The number of piperazine rings is 1. The van der Waals surface area contributed by atoms with E-state index >= 15 is 0 Å². The molecule has 4 bridgehead atoms. The Bertz CT molecular complexity index is 586. The van der Waals surface area contributed by atoms with Crippen molar-refractivity contribution in [3.63, 3.8) is 0 Å². The highest BCUT2D eigenvalue weighted by Gasteiger charge is 2.52. The third-order valence-corrected chi connectivity index (χ3v) is 7.81. The largest absolute Gasteiger partial charge is 0.360 e. The number of quaternary nitrogens is 1. The van der Waals surface area contributed by atoms with E-state index in [4.69, 9.17) is 0 Å². The molecule has 1 aromatic rings. The highest BCUT2D eigenvalue weighted by Crippen LogP contribution is 2.53. The molecule has 130 valence electrons. The average Bonchev–Trinajstić information content (AvgIpc) is 2.57. The lowest BCUT2D eigenvalue weighted by atomic mass is 9.54. The van der Waals surface area contributed by atoms with Crippen LogP contribution in [0.2, 0.25) is 0 Å². The van der Waals surface area contributed by atoms with Gasteiger partial charge in [-0.2, -0.15) is 0 Å². The lowest BCUT2D eigenvalue weighted by Crippen LogP contribution is -3.20. The van der Waals surface area contributed by atoms with Crippen LogP contribution >= 0.6 is 0 Å². The number of aryl methyl sites for hydroxylation is 2. The molecule has 1 saturated heterocycles. The Labute approximate surface area is 147 Å². The minimum Gasteiger partial charge on any atom is -0.360 e. The Kier molecular flexibility index (Phi) is 3.66. The molecular weight excluding hydrogens is 292 g/mol. The average molecular weight is 326 g/mol. The summed E-state index contributed by atoms with van der Waals surface area (Å²) in [5.41, 5.74) is 4.32. The van der Waals surface area contributed by atoms with Crippen LogP contribution in [0.1, 0.15) is 43.2 Å². The van der Waals surface area contributed by atoms with E-state index in [1.165, 1.54) is 43.0 Å². The highest BCUT2D eigenvalue weighted by molar-refractivity contribution is 5.55. The smallest absolute Gasteiger partial charge is 0.0951 e. The van der Waals surface area contributed by atoms with Crippen LogP contribution in [0, 0.1) is 37.5 Å². The van der Waals surface area contributed by atoms with Gasteiger partial charge in [0.15, 0.2) is 0 Å². The van der Waals surface area contributed by atoms with Gasteiger partial charge in [0.2, 0.25) is 0 Å². The SMILES string of the molecule is Cc1ccc(C)c(N2CC[NH+](C3C4CC5CC(C4)CC3C5)CC2)c1. The van der Waals surface area contributed by atoms with E-state index in [1.807, 2.05) is 4.90 Å². The molecule has 0 radical (unpaired) electrons. The fourth-order valence-electron chi connectivity index (χ4n) is 7.02. The fourth-order valence-corrected chi connectivity index (χ4v) is 7.02. The van der Waals surface area contributed by atoms with Crippen LogP contribution in [-0.4, -0.2) is 32.2 Å². The summed E-state index contributed by atoms with van der Waals surface area (Å²) in [6.45, 7) is 9.72. The number of hydrogen-bond acceptors (Lipinski definition) is 1. The van der Waals surface area contributed by atoms with Gasteiger partial charge in [0, 0.05) is 17.5 Å². The van der Waals surface area contributed by atoms with Crippen molar-refractivity contribution in [3.8, 4) is 0 Å². The summed E-state index contributed by atoms with van der Waals surface area (Å²) in [7, 11) is 0. The molecule has 0 unspecified atom stereocenters. The second kappa shape index (κ2) is 5.76. The van der Waals surface area contributed by atoms with E-state index in [0.29, 0.717) is 0 Å². The van der Waals surface area contributed by atoms with Gasteiger partial charge in [0.1, 0.15) is 0 Å². The number of anilines is 1. The molecule has 2 heteroatoms. The Morgan fingerprint density at radius 2 is 1.50 bits per heavy atom. The summed E-state index contributed by atoms with van der Waals surface area (Å²) in [5, 5.41) is 0. The van der Waals surface area contributed by atoms with Crippen LogP contribution in [-0.2, 0) is 0 Å². The molecule has 0 atom stereocenters. The van der Waals surface area contributed by atoms with Crippen LogP contribution in [0.5, 0.6) is 0 Å². The predicted molar refractivity (Wildman–Crippen MR) is 99.7 cm³/mol. The van der Waals surface area contributed by atoms with Crippen molar-refractivity contribution in [3.05, 3.63) is 29.3 Å². The van der Waals surface area contributed by atoms with Gasteiger partial charge < -0.3 is 9.80 Å². The standard InChI is InChI=1S/C22H32N2/c1-15-3-4-16(2)21(9-15)23-5-7-24(8-6-23)22-19-11-17-10-18(13-19)14-20(22)12-17/h3-4,9,17-20,22H,5-8,10-14H2,1-2H3/p+1. The van der Waals surface area contributed by atoms with Crippen molar-refractivity contribution in [1.82, 2.24) is 0 Å². The van der Waals surface area contributed by atoms with Crippen molar-refractivity contribution >= 4 is 5.69 Å². The Morgan fingerprint density at radius 3 is 2.12 bits per heavy atom. The van der Waals surface area contributed by atoms with E-state index in [9.17, 15) is 0 Å². The van der Waals surface area contributed by atoms with Gasteiger partial charge in [0.05, 0.1) is 32.2 Å². The third-order valence-electron chi connectivity index (χ3n) is 7.81. The molecule has 0 aromatic heterocycles. The third kappa shape index (κ3) is 2.49. The number of rotatable bonds is 2. The molecule has 2 nitrogen and oxygen atoms in total. The monoisotopic (exact) mass is 325 g/mol. The van der Waals surface area contributed by atoms with E-state index in [2.05, 4.69) is 36.9 Å². The minimum atomic E-state index is 1.01. The van der Waals surface area contributed by atoms with E-state index in [-0.39, 0.29) is 0 Å². The summed E-state index contributed by atoms with van der Waals surface area (Å²) < 4.78 is 0. The second-order valence-corrected chi connectivity index (χ2v) is 9.39. The molecule has 1 N–H and O–H groups in total. The number of nitrogens with one attached hydrogen (secondary N) is 1. The summed E-state index contributed by atoms with van der Waals surface area (Å²) >= 11 is 0. The molecule has 24 heavy (non-hydrogen) atoms. The van der Waals surface area contributed by atoms with E-state index < -0.39 is 0 Å². The van der Waals surface area contributed by atoms with Crippen molar-refractivity contribution < 1.29 is 4.90 Å². The van der Waals surface area contributed by atoms with Gasteiger partial charge in [-0.25, -0.2) is 0 Å². The first kappa shape index (κ1) is 15.3. The van der Waals surface area contributed by atoms with E-state index in [1.54, 1.807) is 32.1 Å². The Hall–Kier alpha value is -1.02. The van der Waals surface area contributed by atoms with Crippen LogP contribution in [0.4, 0.5) is 5.69 Å². The lowest BCUT2D eigenvalue weighted by Gasteiger charge is -2.56. The summed E-state index contributed by atoms with van der Waals surface area (Å²) in [4.78, 5) is 4.62. The maximum atomic E-state index is 2.65. The highest BCUT2D eigenvalue weighted by atomic mass is 15.3. The first-order valence-corrected chi connectivity index (χ1v) is 10.3. The summed E-state index contributed by atoms with van der Waals surface area (Å²) in [5.74, 6) is 4.37. The molecule has 0 amide bonds. The molecule has 1 aromatic carbocycles. The van der Waals surface area contributed by atoms with Gasteiger partial charge in [-0.1, -0.05) is 12.1 Å². The second-order valence-electron chi connectivity index (χ2n) is 9.39. The zero-order chi connectivity index (χ0) is 16.3. The number of nitrogens with zero attached hydrogens (tertiary/aromatic N) is 1. The van der Waals surface area contributed by atoms with Gasteiger partial charge in [0.25, 0.3) is 0 Å². The van der Waals surface area contributed by atoms with Gasteiger partial charge in [-0.3, -0.25) is 0 Å². The van der Waals surface area contributed by atoms with Crippen LogP contribution in [0.15, 0.2) is 18.2 Å². The number of benzene rings is 1. The van der Waals surface area contributed by atoms with Crippen LogP contribution < -0.4 is 9.80 Å². The van der Waals surface area contributed by atoms with E-state index in [0.717, 1.165) is 29.7 Å². The first-order chi connectivity index (χ1) is 11.7. The summed E-state index contributed by atoms with van der Waals surface area (Å²) in [6, 6.07) is 7.94. The van der Waals surface area contributed by atoms with Crippen molar-refractivity contribution in [2.24, 2.45) is 23.7 Å². The van der Waals surface area contributed by atoms with Crippen LogP contribution in [0.3, 0.4) is 0 Å². The predicted octanol–water partition coefficient (Wildman–Crippen LogP) is 2.83. The lowest BCUT2D eigenvalue weighted by molar-refractivity contribution is -0.936. The van der Waals surface area contributed by atoms with Gasteiger partial charge in [-0.15, -0.1) is 0 Å². The maximum absolute atomic E-state index is 2.65.